The number of rotatable bonds is 17. The molecule has 0 heterocycles. The van der Waals surface area contributed by atoms with E-state index in [2.05, 4.69) is 38.2 Å². The average molecular weight is 696 g/mol. The Morgan fingerprint density at radius 1 is 0.680 bits per heavy atom. The van der Waals surface area contributed by atoms with E-state index in [1.165, 1.54) is 0 Å². The molecule has 0 fully saturated rings. The summed E-state index contributed by atoms with van der Waals surface area (Å²) in [6.45, 7) is 8.81. The molecule has 1 atom stereocenters. The van der Waals surface area contributed by atoms with E-state index in [0.717, 1.165) is 40.5 Å². The first kappa shape index (κ1) is 38.1. The summed E-state index contributed by atoms with van der Waals surface area (Å²) >= 11 is 0. The topological polar surface area (TPSA) is 100 Å². The number of carbonyl (C=O) groups is 3. The lowest BCUT2D eigenvalue weighted by Crippen LogP contribution is -2.27. The van der Waals surface area contributed by atoms with Gasteiger partial charge < -0.3 is 24.0 Å². The van der Waals surface area contributed by atoms with Gasteiger partial charge in [-0.25, -0.2) is 9.59 Å². The van der Waals surface area contributed by atoms with Gasteiger partial charge in [-0.2, -0.15) is 0 Å². The SMILES string of the molecule is CO[SiH2]CCCNC(=O)OCCCC(C)(c1ccc(OC(=O)c2ccc(C(C)(C)c3ccc(OC)cc3)cc2)cc1)c1ccc(C(C)=O)cc1. The van der Waals surface area contributed by atoms with E-state index in [0.29, 0.717) is 36.3 Å². The van der Waals surface area contributed by atoms with E-state index in [9.17, 15) is 14.4 Å². The van der Waals surface area contributed by atoms with E-state index in [-0.39, 0.29) is 17.8 Å². The summed E-state index contributed by atoms with van der Waals surface area (Å²) in [6, 6.07) is 31.7. The van der Waals surface area contributed by atoms with Crippen LogP contribution in [-0.2, 0) is 20.0 Å². The van der Waals surface area contributed by atoms with Crippen molar-refractivity contribution >= 4 is 27.6 Å². The van der Waals surface area contributed by atoms with Crippen LogP contribution < -0.4 is 14.8 Å². The third-order valence-corrected chi connectivity index (χ3v) is 10.6. The van der Waals surface area contributed by atoms with Crippen LogP contribution in [0, 0.1) is 0 Å². The predicted octanol–water partition coefficient (Wildman–Crippen LogP) is 7.79. The molecule has 0 bridgehead atoms. The number of amides is 1. The molecule has 0 saturated heterocycles. The van der Waals surface area contributed by atoms with Gasteiger partial charge in [0, 0.05) is 30.0 Å². The average Bonchev–Trinajstić information content (AvgIpc) is 3.13. The number of esters is 1. The lowest BCUT2D eigenvalue weighted by atomic mass is 9.73. The second-order valence-corrected chi connectivity index (χ2v) is 14.9. The number of carbonyl (C=O) groups excluding carboxylic acids is 3. The maximum atomic E-state index is 13.1. The predicted molar refractivity (Wildman–Crippen MR) is 199 cm³/mol. The van der Waals surface area contributed by atoms with Gasteiger partial charge in [0.05, 0.1) is 19.3 Å². The first-order valence-corrected chi connectivity index (χ1v) is 18.6. The minimum atomic E-state index is -0.492. The fraction of sp³-hybridized carbons (Fsp3) is 0.341. The molecular weight excluding hydrogens is 647 g/mol. The van der Waals surface area contributed by atoms with Gasteiger partial charge in [-0.1, -0.05) is 81.4 Å². The van der Waals surface area contributed by atoms with Crippen LogP contribution >= 0.6 is 0 Å². The molecule has 50 heavy (non-hydrogen) atoms. The van der Waals surface area contributed by atoms with Gasteiger partial charge in [0.25, 0.3) is 0 Å². The Balaban J connectivity index is 1.42. The first-order chi connectivity index (χ1) is 24.0. The van der Waals surface area contributed by atoms with Crippen molar-refractivity contribution in [3.8, 4) is 11.5 Å². The fourth-order valence-corrected chi connectivity index (χ4v) is 6.73. The zero-order valence-corrected chi connectivity index (χ0v) is 31.5. The van der Waals surface area contributed by atoms with E-state index in [1.807, 2.05) is 60.7 Å². The third kappa shape index (κ3) is 9.92. The van der Waals surface area contributed by atoms with Gasteiger partial charge in [-0.15, -0.1) is 0 Å². The van der Waals surface area contributed by atoms with Crippen LogP contribution in [0.4, 0.5) is 4.79 Å². The Morgan fingerprint density at radius 3 is 1.76 bits per heavy atom. The molecule has 8 nitrogen and oxygen atoms in total. The van der Waals surface area contributed by atoms with Crippen molar-refractivity contribution in [3.05, 3.63) is 130 Å². The van der Waals surface area contributed by atoms with Crippen LogP contribution in [-0.4, -0.2) is 55.0 Å². The van der Waals surface area contributed by atoms with Crippen LogP contribution in [0.5, 0.6) is 11.5 Å². The van der Waals surface area contributed by atoms with Gasteiger partial charge in [-0.05, 0) is 90.9 Å². The summed E-state index contributed by atoms with van der Waals surface area (Å²) in [7, 11) is 2.88. The van der Waals surface area contributed by atoms with E-state index in [4.69, 9.17) is 18.6 Å². The van der Waals surface area contributed by atoms with Crippen molar-refractivity contribution in [2.75, 3.05) is 27.4 Å². The quantitative estimate of drug-likeness (QED) is 0.0396. The molecule has 0 saturated carbocycles. The highest BCUT2D eigenvalue weighted by molar-refractivity contribution is 6.26. The van der Waals surface area contributed by atoms with E-state index >= 15 is 0 Å². The Morgan fingerprint density at radius 2 is 1.20 bits per heavy atom. The number of ether oxygens (including phenoxy) is 3. The molecule has 1 N–H and O–H groups in total. The lowest BCUT2D eigenvalue weighted by Gasteiger charge is -2.31. The van der Waals surface area contributed by atoms with Crippen molar-refractivity contribution in [3.63, 3.8) is 0 Å². The summed E-state index contributed by atoms with van der Waals surface area (Å²) < 4.78 is 21.7. The Hall–Kier alpha value is -4.73. The summed E-state index contributed by atoms with van der Waals surface area (Å²) in [4.78, 5) is 37.3. The number of alkyl carbamates (subject to hydrolysis) is 1. The molecule has 0 aliphatic rings. The number of benzene rings is 4. The van der Waals surface area contributed by atoms with Crippen LogP contribution in [0.3, 0.4) is 0 Å². The maximum Gasteiger partial charge on any atom is 0.407 e. The highest BCUT2D eigenvalue weighted by Gasteiger charge is 2.29. The van der Waals surface area contributed by atoms with Crippen LogP contribution in [0.15, 0.2) is 97.1 Å². The van der Waals surface area contributed by atoms with E-state index < -0.39 is 27.2 Å². The minimum Gasteiger partial charge on any atom is -0.497 e. The summed E-state index contributed by atoms with van der Waals surface area (Å²) in [5, 5.41) is 2.80. The molecule has 4 aromatic carbocycles. The molecular formula is C41H49NO7Si. The van der Waals surface area contributed by atoms with Gasteiger partial charge >= 0.3 is 12.1 Å². The monoisotopic (exact) mass is 695 g/mol. The van der Waals surface area contributed by atoms with Gasteiger partial charge in [0.2, 0.25) is 0 Å². The fourth-order valence-electron chi connectivity index (χ4n) is 5.99. The van der Waals surface area contributed by atoms with Crippen molar-refractivity contribution in [1.82, 2.24) is 5.32 Å². The first-order valence-electron chi connectivity index (χ1n) is 17.1. The molecule has 0 radical (unpaired) electrons. The molecule has 1 unspecified atom stereocenters. The molecule has 4 aromatic rings. The van der Waals surface area contributed by atoms with Crippen molar-refractivity contribution < 1.29 is 33.0 Å². The normalized spacial score (nSPS) is 12.7. The largest absolute Gasteiger partial charge is 0.497 e. The van der Waals surface area contributed by atoms with Crippen LogP contribution in [0.25, 0.3) is 0 Å². The highest BCUT2D eigenvalue weighted by atomic mass is 28.2. The summed E-state index contributed by atoms with van der Waals surface area (Å²) in [5.74, 6) is 0.804. The maximum absolute atomic E-state index is 13.1. The smallest absolute Gasteiger partial charge is 0.407 e. The molecule has 0 aliphatic carbocycles. The van der Waals surface area contributed by atoms with Gasteiger partial charge in [-0.3, -0.25) is 4.79 Å². The second-order valence-electron chi connectivity index (χ2n) is 13.2. The van der Waals surface area contributed by atoms with Gasteiger partial charge in [0.1, 0.15) is 11.5 Å². The van der Waals surface area contributed by atoms with Crippen molar-refractivity contribution in [2.24, 2.45) is 0 Å². The molecule has 4 rings (SSSR count). The summed E-state index contributed by atoms with van der Waals surface area (Å²) in [6.07, 6.45) is 1.76. The molecule has 9 heteroatoms. The molecule has 0 spiro atoms. The zero-order chi connectivity index (χ0) is 36.1. The van der Waals surface area contributed by atoms with Crippen molar-refractivity contribution in [1.29, 1.82) is 0 Å². The zero-order valence-electron chi connectivity index (χ0n) is 30.0. The van der Waals surface area contributed by atoms with Gasteiger partial charge in [0.15, 0.2) is 15.5 Å². The number of methoxy groups -OCH3 is 1. The molecule has 0 aliphatic heterocycles. The minimum absolute atomic E-state index is 0.00369. The van der Waals surface area contributed by atoms with Crippen molar-refractivity contribution in [2.45, 2.75) is 63.8 Å². The third-order valence-electron chi connectivity index (χ3n) is 9.38. The Labute approximate surface area is 298 Å². The number of nitrogens with one attached hydrogen (secondary N) is 1. The van der Waals surface area contributed by atoms with Crippen LogP contribution in [0.2, 0.25) is 6.04 Å². The second kappa shape index (κ2) is 17.8. The molecule has 0 aromatic heterocycles. The number of hydrogen-bond donors (Lipinski definition) is 1. The number of hydrogen-bond acceptors (Lipinski definition) is 7. The Bertz CT molecular complexity index is 1700. The number of ketones is 1. The lowest BCUT2D eigenvalue weighted by molar-refractivity contribution is 0.0734. The summed E-state index contributed by atoms with van der Waals surface area (Å²) in [5.41, 5.74) is 4.61. The van der Waals surface area contributed by atoms with Crippen LogP contribution in [0.1, 0.15) is 89.9 Å². The highest BCUT2D eigenvalue weighted by Crippen LogP contribution is 2.38. The molecule has 1 amide bonds. The number of Topliss-reactive ketones (excluding diaryl/α,β-unsaturated/α-hetero) is 1. The standard InChI is InChI=1S/C41H49NO7Si/c1-29(43)30-9-15-34(16-10-30)41(4,25-7-27-48-39(45)42-26-8-28-50-47-6)35-19-23-37(24-20-35)49-38(44)31-11-13-32(14-12-31)40(2,3)33-17-21-36(46-5)22-18-33/h9-24H,7-8,25-28,50H2,1-6H3,(H,42,45). The molecule has 264 valence electrons. The van der Waals surface area contributed by atoms with E-state index in [1.54, 1.807) is 45.4 Å². The Kier molecular flexibility index (Phi) is 13.5.